The number of likely N-dealkylation sites (N-methyl/N-ethyl adjacent to an activating group) is 1. The summed E-state index contributed by atoms with van der Waals surface area (Å²) in [5, 5.41) is 0. The van der Waals surface area contributed by atoms with Crippen LogP contribution in [0, 0.1) is 0 Å². The van der Waals surface area contributed by atoms with Gasteiger partial charge in [0.25, 0.3) is 5.91 Å². The molecule has 1 aliphatic rings. The number of benzene rings is 1. The maximum absolute atomic E-state index is 12.5. The molecule has 0 bridgehead atoms. The van der Waals surface area contributed by atoms with Crippen molar-refractivity contribution in [3.63, 3.8) is 0 Å². The van der Waals surface area contributed by atoms with Crippen LogP contribution in [-0.4, -0.2) is 55.4 Å². The number of carbonyl (C=O) groups excluding carboxylic acids is 2. The van der Waals surface area contributed by atoms with Gasteiger partial charge in [0, 0.05) is 18.7 Å². The summed E-state index contributed by atoms with van der Waals surface area (Å²) in [6.07, 6.45) is -2.93. The van der Waals surface area contributed by atoms with Gasteiger partial charge < -0.3 is 9.64 Å². The van der Waals surface area contributed by atoms with Crippen LogP contribution in [0.25, 0.3) is 6.08 Å². The second-order valence-electron chi connectivity index (χ2n) is 6.71. The molecule has 0 aromatic heterocycles. The van der Waals surface area contributed by atoms with Gasteiger partial charge in [-0.05, 0) is 44.0 Å². The van der Waals surface area contributed by atoms with Crippen molar-refractivity contribution >= 4 is 27.8 Å². The van der Waals surface area contributed by atoms with Gasteiger partial charge in [-0.2, -0.15) is 13.2 Å². The van der Waals surface area contributed by atoms with Gasteiger partial charge in [-0.3, -0.25) is 4.79 Å². The Kier molecular flexibility index (Phi) is 7.10. The summed E-state index contributed by atoms with van der Waals surface area (Å²) in [6, 6.07) is 3.76. The highest BCUT2D eigenvalue weighted by molar-refractivity contribution is 7.91. The van der Waals surface area contributed by atoms with Gasteiger partial charge in [-0.15, -0.1) is 0 Å². The maximum atomic E-state index is 12.5. The van der Waals surface area contributed by atoms with E-state index in [1.165, 1.54) is 30.0 Å². The fourth-order valence-electron chi connectivity index (χ4n) is 3.06. The SMILES string of the molecule is CCN(C(=O)C(C)OC(=O)/C=C/c1ccc(C(F)(F)F)cc1)C1CCS(=O)(=O)C1. The van der Waals surface area contributed by atoms with Crippen molar-refractivity contribution in [1.29, 1.82) is 0 Å². The highest BCUT2D eigenvalue weighted by atomic mass is 32.2. The van der Waals surface area contributed by atoms with Crippen molar-refractivity contribution < 1.29 is 35.9 Å². The number of hydrogen-bond donors (Lipinski definition) is 0. The van der Waals surface area contributed by atoms with Gasteiger partial charge >= 0.3 is 12.1 Å². The molecule has 1 aromatic rings. The topological polar surface area (TPSA) is 80.8 Å². The minimum atomic E-state index is -4.44. The summed E-state index contributed by atoms with van der Waals surface area (Å²) >= 11 is 0. The van der Waals surface area contributed by atoms with Gasteiger partial charge in [0.15, 0.2) is 15.9 Å². The minimum absolute atomic E-state index is 0.0193. The van der Waals surface area contributed by atoms with Crippen LogP contribution >= 0.6 is 0 Å². The van der Waals surface area contributed by atoms with E-state index in [9.17, 15) is 31.2 Å². The molecule has 1 aromatic carbocycles. The van der Waals surface area contributed by atoms with Crippen molar-refractivity contribution in [2.75, 3.05) is 18.1 Å². The number of alkyl halides is 3. The van der Waals surface area contributed by atoms with E-state index in [-0.39, 0.29) is 18.1 Å². The predicted octanol–water partition coefficient (Wildman–Crippen LogP) is 2.69. The zero-order valence-electron chi connectivity index (χ0n) is 16.0. The van der Waals surface area contributed by atoms with Crippen LogP contribution in [0.1, 0.15) is 31.4 Å². The predicted molar refractivity (Wildman–Crippen MR) is 100 cm³/mol. The Labute approximate surface area is 167 Å². The molecule has 1 fully saturated rings. The van der Waals surface area contributed by atoms with Crippen molar-refractivity contribution in [1.82, 2.24) is 4.90 Å². The molecule has 1 aliphatic heterocycles. The average Bonchev–Trinajstić information content (AvgIpc) is 2.99. The molecular weight excluding hydrogens is 411 g/mol. The molecule has 0 spiro atoms. The third-order valence-electron chi connectivity index (χ3n) is 4.56. The van der Waals surface area contributed by atoms with Crippen molar-refractivity contribution in [3.8, 4) is 0 Å². The first-order valence-electron chi connectivity index (χ1n) is 9.00. The first kappa shape index (κ1) is 22.9. The first-order valence-corrected chi connectivity index (χ1v) is 10.8. The lowest BCUT2D eigenvalue weighted by Crippen LogP contribution is -2.46. The smallest absolute Gasteiger partial charge is 0.416 e. The summed E-state index contributed by atoms with van der Waals surface area (Å²) in [6.45, 7) is 3.38. The lowest BCUT2D eigenvalue weighted by Gasteiger charge is -2.29. The van der Waals surface area contributed by atoms with Gasteiger partial charge in [0.1, 0.15) is 0 Å². The number of amides is 1. The maximum Gasteiger partial charge on any atom is 0.416 e. The van der Waals surface area contributed by atoms with Crippen LogP contribution in [-0.2, 0) is 30.3 Å². The second kappa shape index (κ2) is 8.98. The summed E-state index contributed by atoms with van der Waals surface area (Å²) in [5.74, 6) is -1.42. The van der Waals surface area contributed by atoms with E-state index in [1.807, 2.05) is 0 Å². The molecule has 0 radical (unpaired) electrons. The van der Waals surface area contributed by atoms with E-state index in [2.05, 4.69) is 0 Å². The lowest BCUT2D eigenvalue weighted by atomic mass is 10.1. The quantitative estimate of drug-likeness (QED) is 0.509. The third kappa shape index (κ3) is 6.31. The molecule has 2 rings (SSSR count). The number of sulfone groups is 1. The normalized spacial score (nSPS) is 19.8. The van der Waals surface area contributed by atoms with Crippen LogP contribution in [0.4, 0.5) is 13.2 Å². The molecule has 0 aliphatic carbocycles. The average molecular weight is 433 g/mol. The molecule has 160 valence electrons. The van der Waals surface area contributed by atoms with Crippen LogP contribution in [0.3, 0.4) is 0 Å². The largest absolute Gasteiger partial charge is 0.449 e. The fraction of sp³-hybridized carbons (Fsp3) is 0.474. The number of carbonyl (C=O) groups is 2. The number of hydrogen-bond acceptors (Lipinski definition) is 5. The highest BCUT2D eigenvalue weighted by Crippen LogP contribution is 2.29. The summed E-state index contributed by atoms with van der Waals surface area (Å²) in [7, 11) is -3.17. The summed E-state index contributed by atoms with van der Waals surface area (Å²) < 4.78 is 65.9. The zero-order valence-corrected chi connectivity index (χ0v) is 16.8. The van der Waals surface area contributed by atoms with E-state index in [4.69, 9.17) is 4.74 Å². The molecule has 1 saturated heterocycles. The molecule has 2 unspecified atom stereocenters. The number of rotatable bonds is 6. The Hall–Kier alpha value is -2.36. The fourth-order valence-corrected chi connectivity index (χ4v) is 4.79. The highest BCUT2D eigenvalue weighted by Gasteiger charge is 2.36. The number of nitrogens with zero attached hydrogens (tertiary/aromatic N) is 1. The Bertz CT molecular complexity index is 878. The molecule has 0 saturated carbocycles. The lowest BCUT2D eigenvalue weighted by molar-refractivity contribution is -0.156. The van der Waals surface area contributed by atoms with E-state index in [1.54, 1.807) is 6.92 Å². The Morgan fingerprint density at radius 1 is 1.28 bits per heavy atom. The number of ether oxygens (including phenoxy) is 1. The zero-order chi connectivity index (χ0) is 21.8. The van der Waals surface area contributed by atoms with Gasteiger partial charge in [-0.25, -0.2) is 13.2 Å². The van der Waals surface area contributed by atoms with E-state index < -0.39 is 45.6 Å². The van der Waals surface area contributed by atoms with Gasteiger partial charge in [0.05, 0.1) is 17.1 Å². The number of esters is 1. The van der Waals surface area contributed by atoms with Crippen LogP contribution in [0.15, 0.2) is 30.3 Å². The molecule has 0 N–H and O–H groups in total. The summed E-state index contributed by atoms with van der Waals surface area (Å²) in [5.41, 5.74) is -0.440. The molecule has 1 amide bonds. The second-order valence-corrected chi connectivity index (χ2v) is 8.94. The van der Waals surface area contributed by atoms with Crippen molar-refractivity contribution in [3.05, 3.63) is 41.5 Å². The van der Waals surface area contributed by atoms with E-state index in [0.717, 1.165) is 18.2 Å². The molecular formula is C19H22F3NO5S. The molecule has 6 nitrogen and oxygen atoms in total. The molecule has 1 heterocycles. The monoisotopic (exact) mass is 433 g/mol. The van der Waals surface area contributed by atoms with E-state index in [0.29, 0.717) is 12.0 Å². The summed E-state index contributed by atoms with van der Waals surface area (Å²) in [4.78, 5) is 25.9. The van der Waals surface area contributed by atoms with Gasteiger partial charge in [0.2, 0.25) is 0 Å². The third-order valence-corrected chi connectivity index (χ3v) is 6.31. The van der Waals surface area contributed by atoms with Crippen LogP contribution < -0.4 is 0 Å². The Balaban J connectivity index is 1.95. The Morgan fingerprint density at radius 2 is 1.90 bits per heavy atom. The van der Waals surface area contributed by atoms with Crippen LogP contribution in [0.2, 0.25) is 0 Å². The molecule has 10 heteroatoms. The first-order chi connectivity index (χ1) is 13.4. The number of halogens is 3. The molecule has 29 heavy (non-hydrogen) atoms. The standard InChI is InChI=1S/C19H22F3NO5S/c1-3-23(16-10-11-29(26,27)12-16)18(25)13(2)28-17(24)9-6-14-4-7-15(8-5-14)19(20,21)22/h4-9,13,16H,3,10-12H2,1-2H3/b9-6+. The van der Waals surface area contributed by atoms with E-state index >= 15 is 0 Å². The minimum Gasteiger partial charge on any atom is -0.449 e. The van der Waals surface area contributed by atoms with Crippen molar-refractivity contribution in [2.24, 2.45) is 0 Å². The van der Waals surface area contributed by atoms with Crippen molar-refractivity contribution in [2.45, 2.75) is 38.6 Å². The Morgan fingerprint density at radius 3 is 2.38 bits per heavy atom. The molecule has 2 atom stereocenters. The van der Waals surface area contributed by atoms with Gasteiger partial charge in [-0.1, -0.05) is 12.1 Å². The van der Waals surface area contributed by atoms with Crippen LogP contribution in [0.5, 0.6) is 0 Å².